The molecule has 0 atom stereocenters. The Kier molecular flexibility index (Phi) is 3.53. The molecule has 0 bridgehead atoms. The van der Waals surface area contributed by atoms with Crippen molar-refractivity contribution in [2.45, 2.75) is 24.9 Å². The van der Waals surface area contributed by atoms with Crippen molar-refractivity contribution in [3.8, 4) is 0 Å². The number of nitrogens with one attached hydrogen (secondary N) is 1. The lowest BCUT2D eigenvalue weighted by Gasteiger charge is -2.43. The van der Waals surface area contributed by atoms with Crippen molar-refractivity contribution in [1.29, 1.82) is 0 Å². The molecule has 0 radical (unpaired) electrons. The molecule has 5 rings (SSSR count). The van der Waals surface area contributed by atoms with E-state index in [0.29, 0.717) is 18.8 Å². The molecule has 1 N–H and O–H groups in total. The second-order valence-electron chi connectivity index (χ2n) is 7.02. The van der Waals surface area contributed by atoms with Crippen molar-refractivity contribution >= 4 is 16.8 Å². The lowest BCUT2D eigenvalue weighted by Crippen LogP contribution is -2.48. The summed E-state index contributed by atoms with van der Waals surface area (Å²) in [4.78, 5) is 18.1. The maximum absolute atomic E-state index is 12.6. The third kappa shape index (κ3) is 2.33. The monoisotopic (exact) mass is 348 g/mol. The smallest absolute Gasteiger partial charge is 0.274 e. The zero-order valence-corrected chi connectivity index (χ0v) is 14.4. The molecule has 2 aliphatic heterocycles. The van der Waals surface area contributed by atoms with Crippen LogP contribution in [-0.4, -0.2) is 45.7 Å². The highest BCUT2D eigenvalue weighted by molar-refractivity contribution is 5.92. The minimum absolute atomic E-state index is 0.0550. The Labute approximate surface area is 151 Å². The quantitative estimate of drug-likeness (QED) is 0.734. The van der Waals surface area contributed by atoms with E-state index in [9.17, 15) is 4.79 Å². The van der Waals surface area contributed by atoms with Gasteiger partial charge in [-0.15, -0.1) is 5.10 Å². The fourth-order valence-electron chi connectivity index (χ4n) is 4.31. The molecule has 1 spiro atoms. The van der Waals surface area contributed by atoms with E-state index in [2.05, 4.69) is 39.4 Å². The Hall–Kier alpha value is -2.73. The number of likely N-dealkylation sites (tertiary alicyclic amines) is 1. The van der Waals surface area contributed by atoms with Gasteiger partial charge >= 0.3 is 0 Å². The fourth-order valence-corrected chi connectivity index (χ4v) is 4.31. The van der Waals surface area contributed by atoms with Crippen LogP contribution in [0.5, 0.6) is 0 Å². The highest BCUT2D eigenvalue weighted by atomic mass is 16.5. The van der Waals surface area contributed by atoms with E-state index < -0.39 is 0 Å². The number of ether oxygens (including phenoxy) is 1. The second-order valence-corrected chi connectivity index (χ2v) is 7.02. The van der Waals surface area contributed by atoms with Gasteiger partial charge in [-0.05, 0) is 43.0 Å². The number of rotatable bonds is 1. The second kappa shape index (κ2) is 5.92. The van der Waals surface area contributed by atoms with Crippen LogP contribution in [0.25, 0.3) is 10.9 Å². The molecule has 3 aromatic rings. The molecule has 1 amide bonds. The Morgan fingerprint density at radius 1 is 1.15 bits per heavy atom. The van der Waals surface area contributed by atoms with Gasteiger partial charge in [-0.1, -0.05) is 18.2 Å². The van der Waals surface area contributed by atoms with Crippen molar-refractivity contribution in [3.05, 3.63) is 59.5 Å². The van der Waals surface area contributed by atoms with Gasteiger partial charge in [-0.25, -0.2) is 0 Å². The van der Waals surface area contributed by atoms with Crippen LogP contribution >= 0.6 is 0 Å². The van der Waals surface area contributed by atoms with Gasteiger partial charge in [0.1, 0.15) is 5.60 Å². The predicted molar refractivity (Wildman–Crippen MR) is 96.8 cm³/mol. The number of aromatic nitrogens is 3. The van der Waals surface area contributed by atoms with Gasteiger partial charge in [0.15, 0.2) is 5.69 Å². The van der Waals surface area contributed by atoms with Crippen molar-refractivity contribution < 1.29 is 9.53 Å². The van der Waals surface area contributed by atoms with Crippen LogP contribution in [0.2, 0.25) is 0 Å². The largest absolute Gasteiger partial charge is 0.368 e. The minimum atomic E-state index is -0.314. The first-order valence-corrected chi connectivity index (χ1v) is 9.08. The standard InChI is InChI=1S/C20H20N4O2/c25-19(17-6-3-10-21-23-17)24-11-8-20(9-12-24)18-15(7-13-26-20)14-4-1-2-5-16(14)22-18/h1-6,10,22H,7-9,11-13H2. The van der Waals surface area contributed by atoms with E-state index in [4.69, 9.17) is 4.74 Å². The molecule has 2 aliphatic rings. The summed E-state index contributed by atoms with van der Waals surface area (Å²) in [6.45, 7) is 2.04. The number of hydrogen-bond acceptors (Lipinski definition) is 4. The lowest BCUT2D eigenvalue weighted by atomic mass is 9.83. The van der Waals surface area contributed by atoms with Gasteiger partial charge in [0, 0.05) is 30.2 Å². The topological polar surface area (TPSA) is 71.1 Å². The van der Waals surface area contributed by atoms with Gasteiger partial charge in [0.25, 0.3) is 5.91 Å². The highest BCUT2D eigenvalue weighted by Gasteiger charge is 2.43. The molecule has 1 aromatic carbocycles. The fraction of sp³-hybridized carbons (Fsp3) is 0.350. The molecule has 0 aliphatic carbocycles. The number of fused-ring (bicyclic) bond motifs is 4. The lowest BCUT2D eigenvalue weighted by molar-refractivity contribution is -0.0958. The average molecular weight is 348 g/mol. The molecule has 6 nitrogen and oxygen atoms in total. The number of nitrogens with zero attached hydrogens (tertiary/aromatic N) is 3. The predicted octanol–water partition coefficient (Wildman–Crippen LogP) is 2.66. The Bertz CT molecular complexity index is 958. The van der Waals surface area contributed by atoms with E-state index in [0.717, 1.165) is 25.9 Å². The summed E-state index contributed by atoms with van der Waals surface area (Å²) in [5.74, 6) is -0.0550. The van der Waals surface area contributed by atoms with Gasteiger partial charge in [-0.2, -0.15) is 5.10 Å². The molecular formula is C20H20N4O2. The first-order valence-electron chi connectivity index (χ1n) is 9.08. The normalized spacial score (nSPS) is 18.8. The SMILES string of the molecule is O=C(c1cccnn1)N1CCC2(CC1)OCCc1c2[nH]c2ccccc12. The zero-order chi connectivity index (χ0) is 17.6. The van der Waals surface area contributed by atoms with Crippen LogP contribution < -0.4 is 0 Å². The molecular weight excluding hydrogens is 328 g/mol. The Morgan fingerprint density at radius 3 is 2.81 bits per heavy atom. The van der Waals surface area contributed by atoms with Gasteiger partial charge in [0.05, 0.1) is 12.3 Å². The van der Waals surface area contributed by atoms with E-state index >= 15 is 0 Å². The number of hydrogen-bond donors (Lipinski definition) is 1. The minimum Gasteiger partial charge on any atom is -0.368 e. The first kappa shape index (κ1) is 15.5. The molecule has 4 heterocycles. The summed E-state index contributed by atoms with van der Waals surface area (Å²) >= 11 is 0. The number of benzene rings is 1. The first-order chi connectivity index (χ1) is 12.8. The summed E-state index contributed by atoms with van der Waals surface area (Å²) in [5, 5.41) is 9.05. The average Bonchev–Trinajstić information content (AvgIpc) is 3.09. The number of carbonyl (C=O) groups excluding carboxylic acids is 1. The number of para-hydroxylation sites is 1. The Morgan fingerprint density at radius 2 is 2.00 bits per heavy atom. The van der Waals surface area contributed by atoms with Crippen LogP contribution in [-0.2, 0) is 16.8 Å². The van der Waals surface area contributed by atoms with Crippen molar-refractivity contribution in [2.75, 3.05) is 19.7 Å². The third-order valence-electron chi connectivity index (χ3n) is 5.65. The molecule has 26 heavy (non-hydrogen) atoms. The van der Waals surface area contributed by atoms with Crippen LogP contribution in [0.1, 0.15) is 34.6 Å². The van der Waals surface area contributed by atoms with Gasteiger partial charge in [-0.3, -0.25) is 4.79 Å². The number of piperidine rings is 1. The van der Waals surface area contributed by atoms with E-state index in [1.807, 2.05) is 4.90 Å². The molecule has 1 saturated heterocycles. The molecule has 2 aromatic heterocycles. The summed E-state index contributed by atoms with van der Waals surface area (Å²) in [6.07, 6.45) is 4.09. The maximum Gasteiger partial charge on any atom is 0.274 e. The molecule has 1 fully saturated rings. The van der Waals surface area contributed by atoms with Crippen molar-refractivity contribution in [1.82, 2.24) is 20.1 Å². The van der Waals surface area contributed by atoms with Gasteiger partial charge in [0.2, 0.25) is 0 Å². The Balaban J connectivity index is 1.43. The zero-order valence-electron chi connectivity index (χ0n) is 14.4. The summed E-state index contributed by atoms with van der Waals surface area (Å²) in [5.41, 5.74) is 3.84. The molecule has 0 saturated carbocycles. The summed E-state index contributed by atoms with van der Waals surface area (Å²) in [6, 6.07) is 11.9. The summed E-state index contributed by atoms with van der Waals surface area (Å²) < 4.78 is 6.30. The molecule has 132 valence electrons. The maximum atomic E-state index is 12.6. The van der Waals surface area contributed by atoms with E-state index in [-0.39, 0.29) is 11.5 Å². The molecule has 0 unspecified atom stereocenters. The number of amides is 1. The van der Waals surface area contributed by atoms with Crippen LogP contribution in [0, 0.1) is 0 Å². The number of aromatic amines is 1. The van der Waals surface area contributed by atoms with Gasteiger partial charge < -0.3 is 14.6 Å². The summed E-state index contributed by atoms with van der Waals surface area (Å²) in [7, 11) is 0. The van der Waals surface area contributed by atoms with Crippen LogP contribution in [0.4, 0.5) is 0 Å². The molecule has 6 heteroatoms. The number of carbonyl (C=O) groups is 1. The van der Waals surface area contributed by atoms with Crippen molar-refractivity contribution in [3.63, 3.8) is 0 Å². The highest BCUT2D eigenvalue weighted by Crippen LogP contribution is 2.43. The van der Waals surface area contributed by atoms with E-state index in [1.165, 1.54) is 22.2 Å². The van der Waals surface area contributed by atoms with Crippen molar-refractivity contribution in [2.24, 2.45) is 0 Å². The van der Waals surface area contributed by atoms with E-state index in [1.54, 1.807) is 18.3 Å². The van der Waals surface area contributed by atoms with Crippen LogP contribution in [0.3, 0.4) is 0 Å². The van der Waals surface area contributed by atoms with Crippen LogP contribution in [0.15, 0.2) is 42.6 Å². The number of H-pyrrole nitrogens is 1. The third-order valence-corrected chi connectivity index (χ3v) is 5.65.